The minimum Gasteiger partial charge on any atom is -0.458 e. The third-order valence-corrected chi connectivity index (χ3v) is 6.96. The van der Waals surface area contributed by atoms with E-state index in [2.05, 4.69) is 0 Å². The molecule has 0 spiro atoms. The number of ether oxygens (including phenoxy) is 2. The number of fused-ring (bicyclic) bond motifs is 1. The lowest BCUT2D eigenvalue weighted by Crippen LogP contribution is -2.54. The highest BCUT2D eigenvalue weighted by Gasteiger charge is 2.42. The van der Waals surface area contributed by atoms with Crippen molar-refractivity contribution in [1.82, 2.24) is 0 Å². The van der Waals surface area contributed by atoms with Crippen molar-refractivity contribution in [3.63, 3.8) is 0 Å². The molecule has 0 aliphatic carbocycles. The second-order valence-corrected chi connectivity index (χ2v) is 8.61. The topological polar surface area (TPSA) is 46.2 Å². The molecule has 0 radical (unpaired) electrons. The van der Waals surface area contributed by atoms with Crippen LogP contribution in [0, 0.1) is 0 Å². The summed E-state index contributed by atoms with van der Waals surface area (Å²) in [7, 11) is 1.92. The quantitative estimate of drug-likeness (QED) is 0.779. The van der Waals surface area contributed by atoms with Gasteiger partial charge in [-0.15, -0.1) is 0 Å². The van der Waals surface area contributed by atoms with E-state index in [1.807, 2.05) is 55.5 Å². The van der Waals surface area contributed by atoms with Crippen molar-refractivity contribution in [3.05, 3.63) is 59.7 Å². The molecule has 5 nitrogen and oxygen atoms in total. The van der Waals surface area contributed by atoms with Crippen molar-refractivity contribution in [2.45, 2.75) is 19.3 Å². The summed E-state index contributed by atoms with van der Waals surface area (Å²) < 4.78 is 28.8. The van der Waals surface area contributed by atoms with Crippen molar-refractivity contribution in [2.24, 2.45) is 0 Å². The monoisotopic (exact) mass is 346 g/mol. The summed E-state index contributed by atoms with van der Waals surface area (Å²) in [5.41, 5.74) is 1.93. The lowest BCUT2D eigenvalue weighted by molar-refractivity contribution is -0.201. The SMILES string of the molecule is CO[Si](OC)(OC)c1ccc2c(c1)COC(C)(c1ccccc1)O2. The maximum absolute atomic E-state index is 6.14. The summed E-state index contributed by atoms with van der Waals surface area (Å²) in [5.74, 6) is -0.00352. The van der Waals surface area contributed by atoms with E-state index in [0.29, 0.717) is 6.61 Å². The second-order valence-electron chi connectivity index (χ2n) is 5.69. The van der Waals surface area contributed by atoms with Crippen LogP contribution in [0.15, 0.2) is 48.5 Å². The largest absolute Gasteiger partial charge is 0.536 e. The van der Waals surface area contributed by atoms with E-state index in [1.54, 1.807) is 21.3 Å². The van der Waals surface area contributed by atoms with Gasteiger partial charge >= 0.3 is 8.80 Å². The van der Waals surface area contributed by atoms with Gasteiger partial charge in [-0.25, -0.2) is 0 Å². The highest BCUT2D eigenvalue weighted by atomic mass is 28.4. The van der Waals surface area contributed by atoms with Crippen LogP contribution >= 0.6 is 0 Å². The number of hydrogen-bond acceptors (Lipinski definition) is 5. The number of rotatable bonds is 5. The summed E-state index contributed by atoms with van der Waals surface area (Å²) in [5, 5.41) is 0.879. The van der Waals surface area contributed by atoms with Gasteiger partial charge in [-0.3, -0.25) is 0 Å². The van der Waals surface area contributed by atoms with E-state index in [4.69, 9.17) is 22.8 Å². The molecule has 0 bridgehead atoms. The van der Waals surface area contributed by atoms with E-state index >= 15 is 0 Å². The van der Waals surface area contributed by atoms with Gasteiger partial charge in [0.05, 0.1) is 6.61 Å². The molecule has 1 aliphatic heterocycles. The van der Waals surface area contributed by atoms with Gasteiger partial charge in [-0.2, -0.15) is 0 Å². The molecule has 0 N–H and O–H groups in total. The Labute approximate surface area is 143 Å². The summed E-state index contributed by atoms with van der Waals surface area (Å²) >= 11 is 0. The van der Waals surface area contributed by atoms with Gasteiger partial charge in [0, 0.05) is 44.6 Å². The van der Waals surface area contributed by atoms with Gasteiger partial charge in [-0.1, -0.05) is 36.4 Å². The lowest BCUT2D eigenvalue weighted by atomic mass is 10.1. The Kier molecular flexibility index (Phi) is 4.75. The van der Waals surface area contributed by atoms with E-state index in [9.17, 15) is 0 Å². The zero-order chi connectivity index (χ0) is 17.2. The van der Waals surface area contributed by atoms with Gasteiger partial charge in [0.2, 0.25) is 5.79 Å². The molecule has 2 aromatic carbocycles. The zero-order valence-electron chi connectivity index (χ0n) is 14.4. The average molecular weight is 346 g/mol. The molecule has 0 amide bonds. The fourth-order valence-corrected chi connectivity index (χ4v) is 4.77. The Balaban J connectivity index is 1.92. The molecule has 1 atom stereocenters. The molecule has 0 aromatic heterocycles. The third kappa shape index (κ3) is 2.87. The van der Waals surface area contributed by atoms with Gasteiger partial charge in [0.25, 0.3) is 0 Å². The van der Waals surface area contributed by atoms with Crippen molar-refractivity contribution < 1.29 is 22.8 Å². The van der Waals surface area contributed by atoms with Gasteiger partial charge in [-0.05, 0) is 12.1 Å². The van der Waals surface area contributed by atoms with Crippen molar-refractivity contribution in [3.8, 4) is 5.75 Å². The van der Waals surface area contributed by atoms with Gasteiger partial charge in [0.1, 0.15) is 5.75 Å². The molecule has 0 saturated heterocycles. The van der Waals surface area contributed by atoms with Crippen LogP contribution in [0.5, 0.6) is 5.75 Å². The maximum Gasteiger partial charge on any atom is 0.536 e. The van der Waals surface area contributed by atoms with Crippen LogP contribution in [0.1, 0.15) is 18.1 Å². The Morgan fingerprint density at radius 2 is 1.62 bits per heavy atom. The van der Waals surface area contributed by atoms with Crippen LogP contribution in [-0.4, -0.2) is 30.1 Å². The zero-order valence-corrected chi connectivity index (χ0v) is 15.4. The Morgan fingerprint density at radius 3 is 2.25 bits per heavy atom. The fourth-order valence-electron chi connectivity index (χ4n) is 2.92. The predicted molar refractivity (Wildman–Crippen MR) is 92.1 cm³/mol. The molecule has 24 heavy (non-hydrogen) atoms. The molecule has 2 aromatic rings. The molecular weight excluding hydrogens is 324 g/mol. The van der Waals surface area contributed by atoms with Crippen molar-refractivity contribution in [2.75, 3.05) is 21.3 Å². The van der Waals surface area contributed by atoms with Gasteiger partial charge < -0.3 is 22.8 Å². The highest BCUT2D eigenvalue weighted by molar-refractivity contribution is 6.75. The average Bonchev–Trinajstić information content (AvgIpc) is 2.64. The Morgan fingerprint density at radius 1 is 0.958 bits per heavy atom. The Bertz CT molecular complexity index is 694. The van der Waals surface area contributed by atoms with E-state index in [1.165, 1.54) is 0 Å². The molecule has 1 unspecified atom stereocenters. The van der Waals surface area contributed by atoms with E-state index in [0.717, 1.165) is 22.1 Å². The summed E-state index contributed by atoms with van der Waals surface area (Å²) in [6.45, 7) is 2.37. The molecule has 0 fully saturated rings. The standard InChI is InChI=1S/C18H22O5Si/c1-18(15-8-6-5-7-9-15)22-13-14-12-16(10-11-17(14)23-18)24(19-2,20-3)21-4/h5-12H,13H2,1-4H3. The van der Waals surface area contributed by atoms with Crippen LogP contribution in [0.25, 0.3) is 0 Å². The van der Waals surface area contributed by atoms with Crippen LogP contribution < -0.4 is 9.92 Å². The highest BCUT2D eigenvalue weighted by Crippen LogP contribution is 2.37. The predicted octanol–water partition coefficient (Wildman–Crippen LogP) is 2.55. The first kappa shape index (κ1) is 17.1. The summed E-state index contributed by atoms with van der Waals surface area (Å²) in [4.78, 5) is 0. The molecule has 128 valence electrons. The fraction of sp³-hybridized carbons (Fsp3) is 0.333. The van der Waals surface area contributed by atoms with E-state index < -0.39 is 14.6 Å². The van der Waals surface area contributed by atoms with Crippen LogP contribution in [0.4, 0.5) is 0 Å². The van der Waals surface area contributed by atoms with Crippen LogP contribution in [-0.2, 0) is 30.4 Å². The van der Waals surface area contributed by atoms with Crippen LogP contribution in [0.2, 0.25) is 0 Å². The maximum atomic E-state index is 6.14. The Hall–Kier alpha value is -1.70. The second kappa shape index (κ2) is 6.66. The van der Waals surface area contributed by atoms with Crippen molar-refractivity contribution >= 4 is 14.0 Å². The van der Waals surface area contributed by atoms with Gasteiger partial charge in [0.15, 0.2) is 0 Å². The molecule has 1 aliphatic rings. The molecule has 3 rings (SSSR count). The number of hydrogen-bond donors (Lipinski definition) is 0. The molecule has 0 saturated carbocycles. The molecular formula is C18H22O5Si. The molecule has 1 heterocycles. The summed E-state index contributed by atoms with van der Waals surface area (Å²) in [6, 6.07) is 15.7. The first-order valence-electron chi connectivity index (χ1n) is 7.74. The van der Waals surface area contributed by atoms with Crippen LogP contribution in [0.3, 0.4) is 0 Å². The van der Waals surface area contributed by atoms with E-state index in [-0.39, 0.29) is 0 Å². The number of benzene rings is 2. The smallest absolute Gasteiger partial charge is 0.458 e. The third-order valence-electron chi connectivity index (χ3n) is 4.33. The normalized spacial score (nSPS) is 20.3. The minimum absolute atomic E-state index is 0.441. The molecule has 6 heteroatoms. The summed E-state index contributed by atoms with van der Waals surface area (Å²) in [6.07, 6.45) is 0. The first-order valence-corrected chi connectivity index (χ1v) is 9.47. The minimum atomic E-state index is -2.86. The van der Waals surface area contributed by atoms with Crippen molar-refractivity contribution in [1.29, 1.82) is 0 Å². The first-order chi connectivity index (χ1) is 11.6. The lowest BCUT2D eigenvalue weighted by Gasteiger charge is -2.36.